The molecule has 2 aliphatic heterocycles. The van der Waals surface area contributed by atoms with Crippen molar-refractivity contribution in [2.75, 3.05) is 19.8 Å². The van der Waals surface area contributed by atoms with Crippen LogP contribution in [-0.4, -0.2) is 178 Å². The van der Waals surface area contributed by atoms with Gasteiger partial charge in [0.1, 0.15) is 67.1 Å². The summed E-state index contributed by atoms with van der Waals surface area (Å²) in [6.45, 7) is -0.00505. The highest BCUT2D eigenvalue weighted by molar-refractivity contribution is 5.86. The van der Waals surface area contributed by atoms with Crippen LogP contribution in [0.2, 0.25) is 0 Å². The molecule has 230 valence electrons. The summed E-state index contributed by atoms with van der Waals surface area (Å²) in [6, 6.07) is 0. The Hall–Kier alpha value is -0.970. The molecule has 0 aromatic heterocycles. The highest BCUT2D eigenvalue weighted by Crippen LogP contribution is 2.27. The maximum absolute atomic E-state index is 11.9. The van der Waals surface area contributed by atoms with E-state index < -0.39 is 117 Å². The van der Waals surface area contributed by atoms with Gasteiger partial charge in [-0.2, -0.15) is 0 Å². The average Bonchev–Trinajstić information content (AvgIpc) is 2.92. The summed E-state index contributed by atoms with van der Waals surface area (Å²) < 4.78 is 21.0. The number of hydrogen-bond donors (Lipinski definition) is 12. The number of ketones is 1. The van der Waals surface area contributed by atoms with E-state index in [1.54, 1.807) is 0 Å². The molecule has 1 unspecified atom stereocenters. The van der Waals surface area contributed by atoms with Crippen molar-refractivity contribution in [3.05, 3.63) is 0 Å². The van der Waals surface area contributed by atoms with Gasteiger partial charge in [0.15, 0.2) is 24.0 Å². The van der Waals surface area contributed by atoms with Crippen LogP contribution in [0.5, 0.6) is 0 Å². The molecule has 0 radical (unpaired) electrons. The molecule has 0 spiro atoms. The van der Waals surface area contributed by atoms with Gasteiger partial charge in [0.05, 0.1) is 25.9 Å². The van der Waals surface area contributed by atoms with Crippen LogP contribution >= 0.6 is 0 Å². The maximum atomic E-state index is 11.9. The molecule has 0 bridgehead atoms. The predicted molar refractivity (Wildman–Crippen MR) is 122 cm³/mol. The molecule has 17 nitrogen and oxygen atoms in total. The molecule has 12 N–H and O–H groups in total. The number of carbonyl (C=O) groups excluding carboxylic acids is 1. The molecule has 15 atom stereocenters. The largest absolute Gasteiger partial charge is 0.394 e. The first-order chi connectivity index (χ1) is 18.1. The predicted octanol–water partition coefficient (Wildman–Crippen LogP) is -7.20. The lowest BCUT2D eigenvalue weighted by Gasteiger charge is -2.43. The summed E-state index contributed by atoms with van der Waals surface area (Å²) in [5.74, 6) is -1.08. The first-order valence-electron chi connectivity index (χ1n) is 12.3. The van der Waals surface area contributed by atoms with Gasteiger partial charge in [0, 0.05) is 0 Å². The Morgan fingerprint density at radius 3 is 1.79 bits per heavy atom. The Bertz CT molecular complexity index is 771. The Kier molecular flexibility index (Phi) is 12.5. The zero-order valence-corrected chi connectivity index (χ0v) is 21.3. The molecule has 39 heavy (non-hydrogen) atoms. The van der Waals surface area contributed by atoms with Crippen molar-refractivity contribution in [3.63, 3.8) is 0 Å². The smallest absolute Gasteiger partial charge is 0.186 e. The van der Waals surface area contributed by atoms with E-state index in [0.29, 0.717) is 0 Å². The molecular formula is C22H40O17. The molecule has 0 aromatic carbocycles. The van der Waals surface area contributed by atoms with Gasteiger partial charge in [0.2, 0.25) is 0 Å². The molecule has 2 rings (SSSR count). The zero-order valence-electron chi connectivity index (χ0n) is 21.3. The fraction of sp³-hybridized carbons (Fsp3) is 0.955. The SMILES string of the molecule is CCC(O)[C@](O)(C(C)=O)[C@@H](O)[C@H](O)[C@H](O)CO[C@H]1O[C@H](CO[C@H]2O[C@H](CO)[C@@H](O)[C@H](O)[C@H]2O)[C@@H](O)[C@H](O)[C@H]1O. The van der Waals surface area contributed by atoms with Crippen LogP contribution in [0.4, 0.5) is 0 Å². The van der Waals surface area contributed by atoms with Crippen LogP contribution in [0.25, 0.3) is 0 Å². The molecule has 2 aliphatic rings. The van der Waals surface area contributed by atoms with E-state index in [1.165, 1.54) is 6.92 Å². The lowest BCUT2D eigenvalue weighted by Crippen LogP contribution is -2.63. The van der Waals surface area contributed by atoms with Crippen molar-refractivity contribution < 1.29 is 85.0 Å². The van der Waals surface area contributed by atoms with Crippen LogP contribution in [0.15, 0.2) is 0 Å². The Balaban J connectivity index is 2.02. The van der Waals surface area contributed by atoms with Crippen LogP contribution in [0.1, 0.15) is 20.3 Å². The topological polar surface area (TPSA) is 297 Å². The minimum atomic E-state index is -2.82. The molecule has 2 saturated heterocycles. The van der Waals surface area contributed by atoms with Crippen molar-refractivity contribution in [1.82, 2.24) is 0 Å². The lowest BCUT2D eigenvalue weighted by molar-refractivity contribution is -0.333. The second-order valence-corrected chi connectivity index (χ2v) is 9.69. The molecule has 0 aromatic rings. The van der Waals surface area contributed by atoms with Gasteiger partial charge in [-0.25, -0.2) is 0 Å². The van der Waals surface area contributed by atoms with E-state index in [9.17, 15) is 66.1 Å². The maximum Gasteiger partial charge on any atom is 0.186 e. The third-order valence-electron chi connectivity index (χ3n) is 7.00. The minimum absolute atomic E-state index is 0.179. The number of Topliss-reactive ketones (excluding diaryl/α,β-unsaturated/α-hetero) is 1. The monoisotopic (exact) mass is 576 g/mol. The van der Waals surface area contributed by atoms with Crippen LogP contribution in [-0.2, 0) is 23.7 Å². The van der Waals surface area contributed by atoms with Crippen molar-refractivity contribution in [2.45, 2.75) is 112 Å². The normalized spacial score (nSPS) is 40.4. The van der Waals surface area contributed by atoms with Gasteiger partial charge in [-0.05, 0) is 13.3 Å². The Labute approximate surface area is 223 Å². The van der Waals surface area contributed by atoms with E-state index in [1.807, 2.05) is 0 Å². The number of hydrogen-bond acceptors (Lipinski definition) is 17. The Morgan fingerprint density at radius 2 is 1.31 bits per heavy atom. The fourth-order valence-electron chi connectivity index (χ4n) is 4.30. The van der Waals surface area contributed by atoms with Crippen LogP contribution < -0.4 is 0 Å². The molecule has 0 amide bonds. The third kappa shape index (κ3) is 7.28. The molecule has 0 saturated carbocycles. The Morgan fingerprint density at radius 1 is 0.821 bits per heavy atom. The summed E-state index contributed by atoms with van der Waals surface area (Å²) in [5.41, 5.74) is -2.82. The minimum Gasteiger partial charge on any atom is -0.394 e. The highest BCUT2D eigenvalue weighted by atomic mass is 16.7. The summed E-state index contributed by atoms with van der Waals surface area (Å²) in [5, 5.41) is 121. The first kappa shape index (κ1) is 34.2. The highest BCUT2D eigenvalue weighted by Gasteiger charge is 2.51. The summed E-state index contributed by atoms with van der Waals surface area (Å²) in [4.78, 5) is 11.9. The number of rotatable bonds is 13. The number of ether oxygens (including phenoxy) is 4. The van der Waals surface area contributed by atoms with E-state index in [0.717, 1.165) is 6.92 Å². The number of aliphatic hydroxyl groups is 12. The van der Waals surface area contributed by atoms with Crippen molar-refractivity contribution in [2.24, 2.45) is 0 Å². The van der Waals surface area contributed by atoms with E-state index >= 15 is 0 Å². The molecule has 2 fully saturated rings. The van der Waals surface area contributed by atoms with Crippen molar-refractivity contribution >= 4 is 5.78 Å². The lowest BCUT2D eigenvalue weighted by atomic mass is 9.81. The first-order valence-corrected chi connectivity index (χ1v) is 12.3. The van der Waals surface area contributed by atoms with E-state index in [-0.39, 0.29) is 6.42 Å². The van der Waals surface area contributed by atoms with Crippen molar-refractivity contribution in [1.29, 1.82) is 0 Å². The molecule has 0 aliphatic carbocycles. The van der Waals surface area contributed by atoms with Crippen LogP contribution in [0, 0.1) is 0 Å². The van der Waals surface area contributed by atoms with Crippen molar-refractivity contribution in [3.8, 4) is 0 Å². The van der Waals surface area contributed by atoms with Gasteiger partial charge in [0.25, 0.3) is 0 Å². The summed E-state index contributed by atoms with van der Waals surface area (Å²) in [6.07, 6.45) is -25.4. The molecule has 17 heteroatoms. The summed E-state index contributed by atoms with van der Waals surface area (Å²) >= 11 is 0. The van der Waals surface area contributed by atoms with E-state index in [2.05, 4.69) is 0 Å². The standard InChI is InChI=1S/C22H40O17/c1-3-11(26)22(35,7(2)24)19(34)12(27)8(25)5-36-20-18(33)16(31)14(29)10(39-20)6-37-21-17(32)15(30)13(28)9(4-23)38-21/h8-21,23,25-35H,3-6H2,1-2H3/t8-,9-,10-,11?,12-,13-,14-,15+,16+,17-,18-,19+,20+,21+,22-/m1/s1. The van der Waals surface area contributed by atoms with Gasteiger partial charge >= 0.3 is 0 Å². The van der Waals surface area contributed by atoms with Gasteiger partial charge in [-0.15, -0.1) is 0 Å². The van der Waals surface area contributed by atoms with Gasteiger partial charge in [-0.1, -0.05) is 6.92 Å². The zero-order chi connectivity index (χ0) is 29.8. The second kappa shape index (κ2) is 14.3. The summed E-state index contributed by atoms with van der Waals surface area (Å²) in [7, 11) is 0. The quantitative estimate of drug-likeness (QED) is 0.0969. The molecule has 2 heterocycles. The number of carbonyl (C=O) groups is 1. The molecular weight excluding hydrogens is 536 g/mol. The van der Waals surface area contributed by atoms with Gasteiger partial charge < -0.3 is 80.2 Å². The second-order valence-electron chi connectivity index (χ2n) is 9.69. The fourth-order valence-corrected chi connectivity index (χ4v) is 4.30. The number of aliphatic hydroxyl groups excluding tert-OH is 11. The van der Waals surface area contributed by atoms with Crippen LogP contribution in [0.3, 0.4) is 0 Å². The third-order valence-corrected chi connectivity index (χ3v) is 7.00. The van der Waals surface area contributed by atoms with Gasteiger partial charge in [-0.3, -0.25) is 4.79 Å². The average molecular weight is 577 g/mol. The van der Waals surface area contributed by atoms with E-state index in [4.69, 9.17) is 18.9 Å².